The molecule has 0 aromatic rings. The molecule has 0 saturated heterocycles. The highest BCUT2D eigenvalue weighted by molar-refractivity contribution is 6.11. The van der Waals surface area contributed by atoms with E-state index in [1.807, 2.05) is 20.8 Å². The molecule has 1 amide bonds. The number of carbonyl (C=O) groups is 1. The number of hydrogen-bond donors (Lipinski definition) is 1. The second-order valence-electron chi connectivity index (χ2n) is 7.07. The molecule has 0 radical (unpaired) electrons. The summed E-state index contributed by atoms with van der Waals surface area (Å²) in [6.45, 7) is 10.9. The molecule has 1 N–H and O–H groups in total. The number of nitrogens with one attached hydrogen (secondary N) is 1. The number of rotatable bonds is 3. The van der Waals surface area contributed by atoms with Gasteiger partial charge in [-0.25, -0.2) is 0 Å². The summed E-state index contributed by atoms with van der Waals surface area (Å²) < 4.78 is 6.04. The molecule has 1 fully saturated rings. The Morgan fingerprint density at radius 2 is 1.74 bits per heavy atom. The maximum absolute atomic E-state index is 11.9. The summed E-state index contributed by atoms with van der Waals surface area (Å²) in [5.41, 5.74) is -0.681. The van der Waals surface area contributed by atoms with Crippen LogP contribution in [0.5, 0.6) is 0 Å². The molecule has 0 aromatic heterocycles. The molecule has 1 saturated carbocycles. The molecule has 0 aromatic carbocycles. The number of ether oxygens (including phenoxy) is 1. The molecular weight excluding hydrogens is 240 g/mol. The fraction of sp³-hybridized carbons (Fsp3) is 0.867. The fourth-order valence-electron chi connectivity index (χ4n) is 2.89. The zero-order chi connectivity index (χ0) is 14.3. The number of nitrogens with zero attached hydrogens (tertiary/aromatic N) is 1. The normalized spacial score (nSPS) is 27.8. The van der Waals surface area contributed by atoms with Crippen LogP contribution in [-0.2, 0) is 9.53 Å². The van der Waals surface area contributed by atoms with Gasteiger partial charge in [-0.2, -0.15) is 0 Å². The topological polar surface area (TPSA) is 50.7 Å². The first-order chi connectivity index (χ1) is 8.71. The van der Waals surface area contributed by atoms with Crippen molar-refractivity contribution in [1.29, 1.82) is 0 Å². The van der Waals surface area contributed by atoms with Crippen molar-refractivity contribution in [2.45, 2.75) is 71.4 Å². The van der Waals surface area contributed by atoms with Crippen LogP contribution in [0.1, 0.15) is 60.3 Å². The predicted octanol–water partition coefficient (Wildman–Crippen LogP) is 2.67. The standard InChI is InChI=1S/C15H26N2O2/c1-6-19-15(9-7-13(2,3)8-10-15)11-16-12(18)14(4,5)17-11/h6-10H2,1-5H3,(H,16,17,18). The van der Waals surface area contributed by atoms with Gasteiger partial charge in [0.1, 0.15) is 17.0 Å². The number of carbonyl (C=O) groups excluding carboxylic acids is 1. The predicted molar refractivity (Wildman–Crippen MR) is 76.3 cm³/mol. The Morgan fingerprint density at radius 1 is 1.16 bits per heavy atom. The Labute approximate surface area is 116 Å². The van der Waals surface area contributed by atoms with E-state index in [0.29, 0.717) is 12.0 Å². The third kappa shape index (κ3) is 2.69. The van der Waals surface area contributed by atoms with E-state index in [-0.39, 0.29) is 11.5 Å². The smallest absolute Gasteiger partial charge is 0.252 e. The molecule has 108 valence electrons. The molecule has 1 heterocycles. The van der Waals surface area contributed by atoms with Crippen molar-refractivity contribution in [2.75, 3.05) is 6.61 Å². The number of aliphatic imine (C=N–C) groups is 1. The van der Waals surface area contributed by atoms with Crippen molar-refractivity contribution in [3.63, 3.8) is 0 Å². The first kappa shape index (κ1) is 14.5. The van der Waals surface area contributed by atoms with Gasteiger partial charge in [0.15, 0.2) is 0 Å². The van der Waals surface area contributed by atoms with Gasteiger partial charge in [0.05, 0.1) is 0 Å². The summed E-state index contributed by atoms with van der Waals surface area (Å²) in [6.07, 6.45) is 4.07. The van der Waals surface area contributed by atoms with Gasteiger partial charge in [-0.3, -0.25) is 9.79 Å². The highest BCUT2D eigenvalue weighted by Gasteiger charge is 2.48. The van der Waals surface area contributed by atoms with Crippen LogP contribution in [0.4, 0.5) is 0 Å². The van der Waals surface area contributed by atoms with E-state index in [2.05, 4.69) is 24.2 Å². The Kier molecular flexibility index (Phi) is 3.50. The molecule has 0 atom stereocenters. The zero-order valence-electron chi connectivity index (χ0n) is 12.8. The molecule has 1 aliphatic carbocycles. The lowest BCUT2D eigenvalue weighted by atomic mass is 9.70. The summed E-state index contributed by atoms with van der Waals surface area (Å²) in [6, 6.07) is 0. The van der Waals surface area contributed by atoms with Crippen molar-refractivity contribution < 1.29 is 9.53 Å². The van der Waals surface area contributed by atoms with Crippen molar-refractivity contribution in [3.05, 3.63) is 0 Å². The summed E-state index contributed by atoms with van der Waals surface area (Å²) in [4.78, 5) is 16.5. The third-order valence-electron chi connectivity index (χ3n) is 4.44. The van der Waals surface area contributed by atoms with Crippen LogP contribution < -0.4 is 5.32 Å². The van der Waals surface area contributed by atoms with E-state index < -0.39 is 5.54 Å². The van der Waals surface area contributed by atoms with Gasteiger partial charge in [0.25, 0.3) is 5.91 Å². The first-order valence-electron chi connectivity index (χ1n) is 7.27. The molecule has 4 heteroatoms. The number of hydrogen-bond acceptors (Lipinski definition) is 3. The summed E-state index contributed by atoms with van der Waals surface area (Å²) in [5, 5.41) is 2.95. The lowest BCUT2D eigenvalue weighted by Gasteiger charge is -2.43. The largest absolute Gasteiger partial charge is 0.367 e. The third-order valence-corrected chi connectivity index (χ3v) is 4.44. The van der Waals surface area contributed by atoms with Gasteiger partial charge >= 0.3 is 0 Å². The molecule has 19 heavy (non-hydrogen) atoms. The molecule has 2 aliphatic rings. The monoisotopic (exact) mass is 266 g/mol. The maximum atomic E-state index is 11.9. The van der Waals surface area contributed by atoms with Crippen molar-refractivity contribution >= 4 is 11.7 Å². The van der Waals surface area contributed by atoms with Gasteiger partial charge in [0, 0.05) is 6.61 Å². The minimum absolute atomic E-state index is 0.0218. The highest BCUT2D eigenvalue weighted by atomic mass is 16.5. The molecule has 0 spiro atoms. The minimum atomic E-state index is -0.660. The second kappa shape index (κ2) is 4.58. The molecule has 0 unspecified atom stereocenters. The Balaban J connectivity index is 2.25. The molecule has 0 bridgehead atoms. The van der Waals surface area contributed by atoms with E-state index in [1.165, 1.54) is 0 Å². The van der Waals surface area contributed by atoms with Gasteiger partial charge in [0.2, 0.25) is 0 Å². The zero-order valence-corrected chi connectivity index (χ0v) is 12.8. The fourth-order valence-corrected chi connectivity index (χ4v) is 2.89. The average Bonchev–Trinajstić information content (AvgIpc) is 2.58. The van der Waals surface area contributed by atoms with Crippen molar-refractivity contribution in [3.8, 4) is 0 Å². The number of amidine groups is 1. The summed E-state index contributed by atoms with van der Waals surface area (Å²) in [7, 11) is 0. The van der Waals surface area contributed by atoms with Crippen molar-refractivity contribution in [1.82, 2.24) is 5.32 Å². The van der Waals surface area contributed by atoms with Gasteiger partial charge in [-0.1, -0.05) is 13.8 Å². The minimum Gasteiger partial charge on any atom is -0.367 e. The van der Waals surface area contributed by atoms with Gasteiger partial charge in [-0.15, -0.1) is 0 Å². The molecular formula is C15H26N2O2. The highest BCUT2D eigenvalue weighted by Crippen LogP contribution is 2.43. The Hall–Kier alpha value is -0.900. The van der Waals surface area contributed by atoms with Crippen LogP contribution in [0.25, 0.3) is 0 Å². The lowest BCUT2D eigenvalue weighted by Crippen LogP contribution is -2.51. The van der Waals surface area contributed by atoms with Crippen LogP contribution in [-0.4, -0.2) is 29.5 Å². The Morgan fingerprint density at radius 3 is 2.16 bits per heavy atom. The quantitative estimate of drug-likeness (QED) is 0.853. The van der Waals surface area contributed by atoms with E-state index in [0.717, 1.165) is 31.5 Å². The van der Waals surface area contributed by atoms with Crippen LogP contribution in [0, 0.1) is 5.41 Å². The van der Waals surface area contributed by atoms with Crippen LogP contribution in [0.15, 0.2) is 4.99 Å². The van der Waals surface area contributed by atoms with Gasteiger partial charge < -0.3 is 10.1 Å². The van der Waals surface area contributed by atoms with E-state index in [1.54, 1.807) is 0 Å². The van der Waals surface area contributed by atoms with Crippen LogP contribution in [0.3, 0.4) is 0 Å². The van der Waals surface area contributed by atoms with E-state index >= 15 is 0 Å². The first-order valence-corrected chi connectivity index (χ1v) is 7.27. The van der Waals surface area contributed by atoms with E-state index in [4.69, 9.17) is 4.74 Å². The lowest BCUT2D eigenvalue weighted by molar-refractivity contribution is -0.122. The van der Waals surface area contributed by atoms with Crippen LogP contribution >= 0.6 is 0 Å². The SMILES string of the molecule is CCOC1(C2=NC(C)(C)C(=O)N2)CCC(C)(C)CC1. The summed E-state index contributed by atoms with van der Waals surface area (Å²) in [5.74, 6) is 0.728. The van der Waals surface area contributed by atoms with E-state index in [9.17, 15) is 4.79 Å². The van der Waals surface area contributed by atoms with Gasteiger partial charge in [-0.05, 0) is 51.9 Å². The van der Waals surface area contributed by atoms with Crippen molar-refractivity contribution in [2.24, 2.45) is 10.4 Å². The summed E-state index contributed by atoms with van der Waals surface area (Å²) >= 11 is 0. The second-order valence-corrected chi connectivity index (χ2v) is 7.07. The maximum Gasteiger partial charge on any atom is 0.252 e. The molecule has 2 rings (SSSR count). The molecule has 4 nitrogen and oxygen atoms in total. The average molecular weight is 266 g/mol. The molecule has 1 aliphatic heterocycles. The van der Waals surface area contributed by atoms with Crippen LogP contribution in [0.2, 0.25) is 0 Å². The Bertz CT molecular complexity index is 400. The number of amides is 1.